The predicted octanol–water partition coefficient (Wildman–Crippen LogP) is 2.81. The lowest BCUT2D eigenvalue weighted by atomic mass is 10.1. The number of morpholine rings is 1. The first-order valence-electron chi connectivity index (χ1n) is 9.82. The molecular formula is C21H29N3O2. The average molecular weight is 355 g/mol. The second-order valence-corrected chi connectivity index (χ2v) is 7.90. The fourth-order valence-corrected chi connectivity index (χ4v) is 4.63. The molecule has 1 aromatic heterocycles. The van der Waals surface area contributed by atoms with Crippen LogP contribution in [0.5, 0.6) is 0 Å². The number of hydrogen-bond donors (Lipinski definition) is 1. The molecule has 5 heteroatoms. The number of rotatable bonds is 4. The van der Waals surface area contributed by atoms with Crippen molar-refractivity contribution in [1.29, 1.82) is 0 Å². The van der Waals surface area contributed by atoms with Gasteiger partial charge in [-0.2, -0.15) is 0 Å². The van der Waals surface area contributed by atoms with Gasteiger partial charge in [0.2, 0.25) is 5.91 Å². The predicted molar refractivity (Wildman–Crippen MR) is 103 cm³/mol. The van der Waals surface area contributed by atoms with Crippen molar-refractivity contribution in [2.24, 2.45) is 0 Å². The Hall–Kier alpha value is -1.85. The molecule has 1 aromatic carbocycles. The minimum absolute atomic E-state index is 0.256. The van der Waals surface area contributed by atoms with Crippen molar-refractivity contribution in [1.82, 2.24) is 14.8 Å². The van der Waals surface area contributed by atoms with Gasteiger partial charge in [-0.1, -0.05) is 18.2 Å². The van der Waals surface area contributed by atoms with Gasteiger partial charge in [-0.05, 0) is 38.3 Å². The highest BCUT2D eigenvalue weighted by molar-refractivity contribution is 5.89. The summed E-state index contributed by atoms with van der Waals surface area (Å²) in [5.41, 5.74) is 2.20. The Labute approximate surface area is 155 Å². The van der Waals surface area contributed by atoms with E-state index in [4.69, 9.17) is 4.74 Å². The summed E-state index contributed by atoms with van der Waals surface area (Å²) in [5.74, 6) is 0.256. The summed E-state index contributed by atoms with van der Waals surface area (Å²) >= 11 is 0. The zero-order valence-corrected chi connectivity index (χ0v) is 15.8. The number of amides is 1. The van der Waals surface area contributed by atoms with E-state index in [1.807, 2.05) is 18.3 Å². The number of carbonyl (C=O) groups is 1. The van der Waals surface area contributed by atoms with Gasteiger partial charge >= 0.3 is 0 Å². The number of benzene rings is 1. The lowest BCUT2D eigenvalue weighted by molar-refractivity contribution is -0.132. The molecule has 2 aliphatic rings. The number of aromatic amines is 1. The molecule has 1 N–H and O–H groups in total. The van der Waals surface area contributed by atoms with Crippen molar-refractivity contribution in [3.8, 4) is 0 Å². The van der Waals surface area contributed by atoms with Gasteiger partial charge in [0.15, 0.2) is 0 Å². The van der Waals surface area contributed by atoms with Crippen LogP contribution in [0, 0.1) is 0 Å². The minimum atomic E-state index is 0.256. The maximum Gasteiger partial charge on any atom is 0.227 e. The maximum atomic E-state index is 13.0. The molecule has 0 bridgehead atoms. The van der Waals surface area contributed by atoms with Crippen molar-refractivity contribution < 1.29 is 9.53 Å². The van der Waals surface area contributed by atoms with Gasteiger partial charge < -0.3 is 14.6 Å². The Balaban J connectivity index is 1.42. The van der Waals surface area contributed by atoms with Gasteiger partial charge in [-0.15, -0.1) is 0 Å². The second kappa shape index (κ2) is 7.41. The number of likely N-dealkylation sites (tertiary alicyclic amines) is 1. The van der Waals surface area contributed by atoms with Crippen molar-refractivity contribution in [2.75, 3.05) is 26.2 Å². The third kappa shape index (κ3) is 3.64. The van der Waals surface area contributed by atoms with Crippen LogP contribution in [0.4, 0.5) is 0 Å². The molecule has 0 spiro atoms. The van der Waals surface area contributed by atoms with Gasteiger partial charge in [0.1, 0.15) is 0 Å². The molecular weight excluding hydrogens is 326 g/mol. The largest absolute Gasteiger partial charge is 0.373 e. The SMILES string of the molecule is C[C@@H]1CN(C[C@H]2CCCN2C(=O)Cc2c[nH]c3ccccc23)C[C@@H](C)O1. The van der Waals surface area contributed by atoms with Gasteiger partial charge in [0, 0.05) is 49.3 Å². The van der Waals surface area contributed by atoms with E-state index in [9.17, 15) is 4.79 Å². The third-order valence-corrected chi connectivity index (χ3v) is 5.68. The van der Waals surface area contributed by atoms with Gasteiger partial charge in [-0.25, -0.2) is 0 Å². The first-order chi connectivity index (χ1) is 12.6. The molecule has 0 saturated carbocycles. The van der Waals surface area contributed by atoms with Crippen LogP contribution in [0.25, 0.3) is 10.9 Å². The van der Waals surface area contributed by atoms with Gasteiger partial charge in [-0.3, -0.25) is 9.69 Å². The number of carbonyl (C=O) groups excluding carboxylic acids is 1. The minimum Gasteiger partial charge on any atom is -0.373 e. The number of para-hydroxylation sites is 1. The van der Waals surface area contributed by atoms with Crippen molar-refractivity contribution in [3.63, 3.8) is 0 Å². The van der Waals surface area contributed by atoms with Crippen molar-refractivity contribution >= 4 is 16.8 Å². The second-order valence-electron chi connectivity index (χ2n) is 7.90. The number of nitrogens with one attached hydrogen (secondary N) is 1. The number of aromatic nitrogens is 1. The lowest BCUT2D eigenvalue weighted by Crippen LogP contribution is -2.51. The summed E-state index contributed by atoms with van der Waals surface area (Å²) in [6.45, 7) is 8.06. The van der Waals surface area contributed by atoms with Crippen molar-refractivity contribution in [2.45, 2.75) is 51.4 Å². The number of nitrogens with zero attached hydrogens (tertiary/aromatic N) is 2. The Morgan fingerprint density at radius 3 is 2.81 bits per heavy atom. The molecule has 2 aliphatic heterocycles. The summed E-state index contributed by atoms with van der Waals surface area (Å²) in [7, 11) is 0. The monoisotopic (exact) mass is 355 g/mol. The van der Waals surface area contributed by atoms with Crippen LogP contribution in [-0.4, -0.2) is 65.1 Å². The van der Waals surface area contributed by atoms with E-state index < -0.39 is 0 Å². The quantitative estimate of drug-likeness (QED) is 0.917. The molecule has 140 valence electrons. The zero-order chi connectivity index (χ0) is 18.1. The highest BCUT2D eigenvalue weighted by Crippen LogP contribution is 2.24. The number of fused-ring (bicyclic) bond motifs is 1. The van der Waals surface area contributed by atoms with Crippen LogP contribution in [0.2, 0.25) is 0 Å². The average Bonchev–Trinajstić information content (AvgIpc) is 3.21. The van der Waals surface area contributed by atoms with E-state index in [1.54, 1.807) is 0 Å². The molecule has 1 amide bonds. The summed E-state index contributed by atoms with van der Waals surface area (Å²) in [6, 6.07) is 8.54. The first-order valence-corrected chi connectivity index (χ1v) is 9.82. The van der Waals surface area contributed by atoms with Crippen LogP contribution in [0.1, 0.15) is 32.3 Å². The highest BCUT2D eigenvalue weighted by Gasteiger charge is 2.32. The lowest BCUT2D eigenvalue weighted by Gasteiger charge is -2.38. The number of ether oxygens (including phenoxy) is 1. The van der Waals surface area contributed by atoms with Crippen LogP contribution in [-0.2, 0) is 16.0 Å². The first kappa shape index (κ1) is 17.6. The molecule has 2 saturated heterocycles. The van der Waals surface area contributed by atoms with Crippen LogP contribution in [0.3, 0.4) is 0 Å². The fourth-order valence-electron chi connectivity index (χ4n) is 4.63. The van der Waals surface area contributed by atoms with E-state index in [0.717, 1.165) is 55.5 Å². The zero-order valence-electron chi connectivity index (χ0n) is 15.8. The van der Waals surface area contributed by atoms with Crippen LogP contribution < -0.4 is 0 Å². The molecule has 5 nitrogen and oxygen atoms in total. The molecule has 0 aliphatic carbocycles. The molecule has 3 atom stereocenters. The Morgan fingerprint density at radius 2 is 2.00 bits per heavy atom. The van der Waals surface area contributed by atoms with E-state index in [1.165, 1.54) is 0 Å². The van der Waals surface area contributed by atoms with Crippen LogP contribution >= 0.6 is 0 Å². The van der Waals surface area contributed by atoms with E-state index in [-0.39, 0.29) is 18.1 Å². The van der Waals surface area contributed by atoms with Crippen molar-refractivity contribution in [3.05, 3.63) is 36.0 Å². The molecule has 26 heavy (non-hydrogen) atoms. The number of H-pyrrole nitrogens is 1. The van der Waals surface area contributed by atoms with E-state index >= 15 is 0 Å². The third-order valence-electron chi connectivity index (χ3n) is 5.68. The molecule has 3 heterocycles. The molecule has 0 radical (unpaired) electrons. The Kier molecular flexibility index (Phi) is 5.00. The maximum absolute atomic E-state index is 13.0. The normalized spacial score (nSPS) is 27.3. The topological polar surface area (TPSA) is 48.6 Å². The molecule has 4 rings (SSSR count). The summed E-state index contributed by atoms with van der Waals surface area (Å²) in [5, 5.41) is 1.16. The van der Waals surface area contributed by atoms with Gasteiger partial charge in [0.05, 0.1) is 18.6 Å². The smallest absolute Gasteiger partial charge is 0.227 e. The number of hydrogen-bond acceptors (Lipinski definition) is 3. The molecule has 2 aromatic rings. The van der Waals surface area contributed by atoms with Gasteiger partial charge in [0.25, 0.3) is 0 Å². The highest BCUT2D eigenvalue weighted by atomic mass is 16.5. The summed E-state index contributed by atoms with van der Waals surface area (Å²) in [6.07, 6.45) is 5.24. The Bertz CT molecular complexity index is 761. The van der Waals surface area contributed by atoms with Crippen LogP contribution in [0.15, 0.2) is 30.5 Å². The Morgan fingerprint density at radius 1 is 1.23 bits per heavy atom. The standard InChI is InChI=1S/C21H29N3O2/c1-15-12-23(13-16(2)26-15)14-18-6-5-9-24(18)21(25)10-17-11-22-20-8-4-3-7-19(17)20/h3-4,7-8,11,15-16,18,22H,5-6,9-10,12-14H2,1-2H3/t15-,16-,18-/m1/s1. The summed E-state index contributed by atoms with van der Waals surface area (Å²) in [4.78, 5) is 20.9. The summed E-state index contributed by atoms with van der Waals surface area (Å²) < 4.78 is 5.84. The van der Waals surface area contributed by atoms with E-state index in [0.29, 0.717) is 12.5 Å². The van der Waals surface area contributed by atoms with E-state index in [2.05, 4.69) is 40.8 Å². The fraction of sp³-hybridized carbons (Fsp3) is 0.571. The molecule has 2 fully saturated rings. The molecule has 0 unspecified atom stereocenters.